The minimum atomic E-state index is -0.759. The largest absolute Gasteiger partial charge is 0.481 e. The first-order chi connectivity index (χ1) is 3.64. The Bertz CT molecular complexity index is 116. The van der Waals surface area contributed by atoms with Crippen LogP contribution in [0.5, 0.6) is 0 Å². The highest BCUT2D eigenvalue weighted by molar-refractivity contribution is 5.75. The summed E-state index contributed by atoms with van der Waals surface area (Å²) < 4.78 is 0. The third-order valence-corrected chi connectivity index (χ3v) is 1.73. The molecule has 1 fully saturated rings. The lowest BCUT2D eigenvalue weighted by Crippen LogP contribution is -2.08. The van der Waals surface area contributed by atoms with Crippen LogP contribution in [-0.4, -0.2) is 17.1 Å². The molecule has 0 bridgehead atoms. The predicted octanol–water partition coefficient (Wildman–Crippen LogP) is -0.336. The zero-order chi connectivity index (χ0) is 6.31. The van der Waals surface area contributed by atoms with Gasteiger partial charge in [-0.1, -0.05) is 6.92 Å². The van der Waals surface area contributed by atoms with Crippen LogP contribution in [0.15, 0.2) is 0 Å². The molecule has 1 saturated carbocycles. The van der Waals surface area contributed by atoms with Crippen molar-refractivity contribution in [3.8, 4) is 0 Å². The number of hydrogen-bond acceptors (Lipinski definition) is 2. The molecule has 0 aromatic carbocycles. The standard InChI is InChI=1S/C5H9NO2/c1-2-3(4(2)6)5(7)8/h2-4H,6H2,1H3,(H,7,8)/t2-,3-,4+/m1/s1. The molecule has 3 N–H and O–H groups in total. The molecule has 3 atom stereocenters. The summed E-state index contributed by atoms with van der Waals surface area (Å²) in [5.74, 6) is -0.840. The van der Waals surface area contributed by atoms with Gasteiger partial charge in [0, 0.05) is 6.04 Å². The first kappa shape index (κ1) is 5.56. The number of nitrogens with two attached hydrogens (primary N) is 1. The van der Waals surface area contributed by atoms with Crippen LogP contribution in [0.1, 0.15) is 6.92 Å². The highest BCUT2D eigenvalue weighted by atomic mass is 16.4. The Kier molecular flexibility index (Phi) is 1.01. The second kappa shape index (κ2) is 1.45. The van der Waals surface area contributed by atoms with Crippen LogP contribution in [0.4, 0.5) is 0 Å². The molecule has 0 aromatic rings. The summed E-state index contributed by atoms with van der Waals surface area (Å²) in [6, 6.07) is -0.0903. The molecule has 0 unspecified atom stereocenters. The zero-order valence-corrected chi connectivity index (χ0v) is 4.66. The minimum absolute atomic E-state index is 0.0903. The topological polar surface area (TPSA) is 63.3 Å². The summed E-state index contributed by atoms with van der Waals surface area (Å²) in [4.78, 5) is 10.1. The van der Waals surface area contributed by atoms with Crippen molar-refractivity contribution in [1.29, 1.82) is 0 Å². The van der Waals surface area contributed by atoms with Crippen molar-refractivity contribution >= 4 is 5.97 Å². The van der Waals surface area contributed by atoms with Crippen LogP contribution < -0.4 is 5.73 Å². The molecule has 0 saturated heterocycles. The summed E-state index contributed by atoms with van der Waals surface area (Å²) in [6.07, 6.45) is 0. The highest BCUT2D eigenvalue weighted by Gasteiger charge is 2.49. The molecule has 46 valence electrons. The maximum absolute atomic E-state index is 10.1. The molecule has 0 aromatic heterocycles. The Morgan fingerprint density at radius 1 is 1.75 bits per heavy atom. The van der Waals surface area contributed by atoms with E-state index < -0.39 is 5.97 Å². The SMILES string of the molecule is C[C@H]1[C@H](N)[C@@H]1C(=O)O. The van der Waals surface area contributed by atoms with E-state index in [4.69, 9.17) is 10.8 Å². The first-order valence-corrected chi connectivity index (χ1v) is 2.63. The molecule has 0 aliphatic heterocycles. The van der Waals surface area contributed by atoms with Crippen LogP contribution in [0, 0.1) is 11.8 Å². The number of aliphatic carboxylic acids is 1. The van der Waals surface area contributed by atoms with E-state index in [1.807, 2.05) is 6.92 Å². The Labute approximate surface area is 47.5 Å². The van der Waals surface area contributed by atoms with Crippen LogP contribution in [0.3, 0.4) is 0 Å². The van der Waals surface area contributed by atoms with Gasteiger partial charge in [0.1, 0.15) is 0 Å². The maximum Gasteiger partial charge on any atom is 0.308 e. The molecule has 3 nitrogen and oxygen atoms in total. The molecule has 0 radical (unpaired) electrons. The van der Waals surface area contributed by atoms with E-state index in [0.29, 0.717) is 0 Å². The average molecular weight is 115 g/mol. The van der Waals surface area contributed by atoms with E-state index in [2.05, 4.69) is 0 Å². The van der Waals surface area contributed by atoms with Crippen molar-refractivity contribution < 1.29 is 9.90 Å². The predicted molar refractivity (Wildman–Crippen MR) is 28.3 cm³/mol. The molecular weight excluding hydrogens is 106 g/mol. The lowest BCUT2D eigenvalue weighted by Gasteiger charge is -1.80. The van der Waals surface area contributed by atoms with Gasteiger partial charge in [-0.2, -0.15) is 0 Å². The van der Waals surface area contributed by atoms with Gasteiger partial charge in [-0.3, -0.25) is 4.79 Å². The average Bonchev–Trinajstić information content (AvgIpc) is 2.15. The molecule has 8 heavy (non-hydrogen) atoms. The molecule has 1 aliphatic carbocycles. The third-order valence-electron chi connectivity index (χ3n) is 1.73. The summed E-state index contributed by atoms with van der Waals surface area (Å²) in [6.45, 7) is 1.85. The van der Waals surface area contributed by atoms with E-state index in [1.165, 1.54) is 0 Å². The zero-order valence-electron chi connectivity index (χ0n) is 4.66. The van der Waals surface area contributed by atoms with Crippen molar-refractivity contribution in [3.05, 3.63) is 0 Å². The molecule has 1 rings (SSSR count). The molecule has 0 heterocycles. The van der Waals surface area contributed by atoms with E-state index in [1.54, 1.807) is 0 Å². The van der Waals surface area contributed by atoms with Crippen LogP contribution in [0.2, 0.25) is 0 Å². The van der Waals surface area contributed by atoms with E-state index in [-0.39, 0.29) is 17.9 Å². The fraction of sp³-hybridized carbons (Fsp3) is 0.800. The van der Waals surface area contributed by atoms with Crippen LogP contribution in [0.25, 0.3) is 0 Å². The number of rotatable bonds is 1. The summed E-state index contributed by atoms with van der Waals surface area (Å²) in [5.41, 5.74) is 5.33. The molecule has 0 spiro atoms. The Hall–Kier alpha value is -0.570. The van der Waals surface area contributed by atoms with Gasteiger partial charge in [-0.25, -0.2) is 0 Å². The second-order valence-electron chi connectivity index (χ2n) is 2.30. The summed E-state index contributed by atoms with van der Waals surface area (Å²) in [7, 11) is 0. The number of hydrogen-bond donors (Lipinski definition) is 2. The monoisotopic (exact) mass is 115 g/mol. The van der Waals surface area contributed by atoms with Crippen LogP contribution in [-0.2, 0) is 4.79 Å². The van der Waals surface area contributed by atoms with Gasteiger partial charge < -0.3 is 10.8 Å². The van der Waals surface area contributed by atoms with Crippen molar-refractivity contribution in [2.24, 2.45) is 17.6 Å². The Morgan fingerprint density at radius 2 is 2.12 bits per heavy atom. The molecular formula is C5H9NO2. The summed E-state index contributed by atoms with van der Waals surface area (Å²) >= 11 is 0. The highest BCUT2D eigenvalue weighted by Crippen LogP contribution is 2.36. The van der Waals surface area contributed by atoms with Gasteiger partial charge in [0.15, 0.2) is 0 Å². The van der Waals surface area contributed by atoms with Crippen LogP contribution >= 0.6 is 0 Å². The fourth-order valence-corrected chi connectivity index (χ4v) is 0.883. The van der Waals surface area contributed by atoms with Crippen molar-refractivity contribution in [2.45, 2.75) is 13.0 Å². The number of carbonyl (C=O) groups is 1. The fourth-order valence-electron chi connectivity index (χ4n) is 0.883. The van der Waals surface area contributed by atoms with Gasteiger partial charge >= 0.3 is 5.97 Å². The second-order valence-corrected chi connectivity index (χ2v) is 2.30. The van der Waals surface area contributed by atoms with E-state index >= 15 is 0 Å². The smallest absolute Gasteiger partial charge is 0.308 e. The lowest BCUT2D eigenvalue weighted by atomic mass is 10.3. The van der Waals surface area contributed by atoms with E-state index in [0.717, 1.165) is 0 Å². The third kappa shape index (κ3) is 0.591. The molecule has 0 amide bonds. The minimum Gasteiger partial charge on any atom is -0.481 e. The first-order valence-electron chi connectivity index (χ1n) is 2.63. The van der Waals surface area contributed by atoms with Crippen molar-refractivity contribution in [3.63, 3.8) is 0 Å². The Balaban J connectivity index is 2.44. The Morgan fingerprint density at radius 3 is 2.12 bits per heavy atom. The number of carboxylic acid groups (broad SMARTS) is 1. The van der Waals surface area contributed by atoms with Gasteiger partial charge in [0.2, 0.25) is 0 Å². The maximum atomic E-state index is 10.1. The summed E-state index contributed by atoms with van der Waals surface area (Å²) in [5, 5.41) is 8.31. The van der Waals surface area contributed by atoms with Crippen molar-refractivity contribution in [1.82, 2.24) is 0 Å². The number of carboxylic acids is 1. The van der Waals surface area contributed by atoms with Gasteiger partial charge in [-0.15, -0.1) is 0 Å². The molecule has 3 heteroatoms. The van der Waals surface area contributed by atoms with Gasteiger partial charge in [-0.05, 0) is 5.92 Å². The van der Waals surface area contributed by atoms with Gasteiger partial charge in [0.05, 0.1) is 5.92 Å². The normalized spacial score (nSPS) is 44.0. The quantitative estimate of drug-likeness (QED) is 0.491. The van der Waals surface area contributed by atoms with Gasteiger partial charge in [0.25, 0.3) is 0 Å². The van der Waals surface area contributed by atoms with E-state index in [9.17, 15) is 4.79 Å². The van der Waals surface area contributed by atoms with Crippen molar-refractivity contribution in [2.75, 3.05) is 0 Å². The molecule has 1 aliphatic rings. The lowest BCUT2D eigenvalue weighted by molar-refractivity contribution is -0.138.